The lowest BCUT2D eigenvalue weighted by molar-refractivity contribution is -0.128. The van der Waals surface area contributed by atoms with Gasteiger partial charge in [0, 0.05) is 39.1 Å². The number of ether oxygens (including phenoxy) is 1. The number of furan rings is 1. The first-order valence-electron chi connectivity index (χ1n) is 7.13. The molecule has 116 valence electrons. The maximum Gasteiger partial charge on any atom is 0.254 e. The Bertz CT molecular complexity index is 524. The maximum absolute atomic E-state index is 12.1. The Morgan fingerprint density at radius 1 is 1.52 bits per heavy atom. The highest BCUT2D eigenvalue weighted by Gasteiger charge is 2.29. The second-order valence-electron chi connectivity index (χ2n) is 5.44. The third kappa shape index (κ3) is 3.85. The van der Waals surface area contributed by atoms with Crippen LogP contribution in [0.2, 0.25) is 0 Å². The summed E-state index contributed by atoms with van der Waals surface area (Å²) in [4.78, 5) is 25.7. The molecule has 0 spiro atoms. The Kier molecular flexibility index (Phi) is 5.01. The normalized spacial score (nSPS) is 18.3. The number of nitrogens with one attached hydrogen (secondary N) is 1. The van der Waals surface area contributed by atoms with E-state index in [2.05, 4.69) is 5.32 Å². The van der Waals surface area contributed by atoms with E-state index in [1.807, 2.05) is 6.92 Å². The topological polar surface area (TPSA) is 71.8 Å². The van der Waals surface area contributed by atoms with Gasteiger partial charge in [0.25, 0.3) is 5.91 Å². The number of hydrogen-bond donors (Lipinski definition) is 1. The van der Waals surface area contributed by atoms with Gasteiger partial charge in [-0.2, -0.15) is 0 Å². The van der Waals surface area contributed by atoms with Gasteiger partial charge in [-0.15, -0.1) is 0 Å². The van der Waals surface area contributed by atoms with Crippen LogP contribution < -0.4 is 5.32 Å². The highest BCUT2D eigenvalue weighted by Crippen LogP contribution is 2.17. The number of rotatable bonds is 6. The van der Waals surface area contributed by atoms with Crippen molar-refractivity contribution in [3.05, 3.63) is 23.2 Å². The van der Waals surface area contributed by atoms with E-state index in [9.17, 15) is 9.59 Å². The molecule has 2 heterocycles. The summed E-state index contributed by atoms with van der Waals surface area (Å²) in [5.74, 6) is 1.48. The molecule has 0 bridgehead atoms. The predicted molar refractivity (Wildman–Crippen MR) is 77.1 cm³/mol. The number of methoxy groups -OCH3 is 1. The fourth-order valence-corrected chi connectivity index (χ4v) is 2.60. The quantitative estimate of drug-likeness (QED) is 0.853. The van der Waals surface area contributed by atoms with Crippen LogP contribution >= 0.6 is 0 Å². The number of nitrogens with zero attached hydrogens (tertiary/aromatic N) is 1. The fourth-order valence-electron chi connectivity index (χ4n) is 2.60. The summed E-state index contributed by atoms with van der Waals surface area (Å²) in [5.41, 5.74) is 0.563. The minimum absolute atomic E-state index is 0.127. The van der Waals surface area contributed by atoms with Crippen molar-refractivity contribution in [1.82, 2.24) is 10.2 Å². The van der Waals surface area contributed by atoms with Crippen LogP contribution in [-0.2, 0) is 9.53 Å². The van der Waals surface area contributed by atoms with Gasteiger partial charge in [0.2, 0.25) is 5.91 Å². The highest BCUT2D eigenvalue weighted by molar-refractivity contribution is 5.95. The molecule has 0 saturated carbocycles. The van der Waals surface area contributed by atoms with E-state index in [1.54, 1.807) is 25.0 Å². The summed E-state index contributed by atoms with van der Waals surface area (Å²) in [7, 11) is 1.62. The zero-order valence-electron chi connectivity index (χ0n) is 12.8. The number of hydrogen-bond acceptors (Lipinski definition) is 4. The summed E-state index contributed by atoms with van der Waals surface area (Å²) in [6.45, 7) is 5.91. The molecule has 1 fully saturated rings. The third-order valence-electron chi connectivity index (χ3n) is 3.70. The summed E-state index contributed by atoms with van der Waals surface area (Å²) in [6.07, 6.45) is 0.480. The molecule has 21 heavy (non-hydrogen) atoms. The molecular formula is C15H22N2O4. The van der Waals surface area contributed by atoms with E-state index >= 15 is 0 Å². The average molecular weight is 294 g/mol. The molecule has 1 aliphatic rings. The van der Waals surface area contributed by atoms with Crippen LogP contribution in [0.5, 0.6) is 0 Å². The predicted octanol–water partition coefficient (Wildman–Crippen LogP) is 1.12. The van der Waals surface area contributed by atoms with Gasteiger partial charge in [0.1, 0.15) is 11.5 Å². The summed E-state index contributed by atoms with van der Waals surface area (Å²) in [6, 6.07) is 1.73. The van der Waals surface area contributed by atoms with E-state index in [0.717, 1.165) is 5.76 Å². The molecule has 6 heteroatoms. The molecule has 1 atom stereocenters. The SMILES string of the molecule is COCCN1CC(CNC(=O)c2cc(C)oc2C)CC1=O. The van der Waals surface area contributed by atoms with E-state index < -0.39 is 0 Å². The van der Waals surface area contributed by atoms with Gasteiger partial charge in [-0.3, -0.25) is 9.59 Å². The minimum atomic E-state index is -0.146. The van der Waals surface area contributed by atoms with Crippen molar-refractivity contribution < 1.29 is 18.7 Å². The van der Waals surface area contributed by atoms with Gasteiger partial charge in [-0.25, -0.2) is 0 Å². The van der Waals surface area contributed by atoms with Crippen molar-refractivity contribution in [2.24, 2.45) is 5.92 Å². The summed E-state index contributed by atoms with van der Waals surface area (Å²) < 4.78 is 10.3. The van der Waals surface area contributed by atoms with Crippen LogP contribution in [0.25, 0.3) is 0 Å². The minimum Gasteiger partial charge on any atom is -0.466 e. The molecular weight excluding hydrogens is 272 g/mol. The largest absolute Gasteiger partial charge is 0.466 e. The lowest BCUT2D eigenvalue weighted by Gasteiger charge is -2.16. The molecule has 0 aliphatic carbocycles. The molecule has 1 N–H and O–H groups in total. The molecule has 2 rings (SSSR count). The number of carbonyl (C=O) groups excluding carboxylic acids is 2. The van der Waals surface area contributed by atoms with Crippen molar-refractivity contribution >= 4 is 11.8 Å². The van der Waals surface area contributed by atoms with Gasteiger partial charge in [-0.1, -0.05) is 0 Å². The third-order valence-corrected chi connectivity index (χ3v) is 3.70. The summed E-state index contributed by atoms with van der Waals surface area (Å²) >= 11 is 0. The van der Waals surface area contributed by atoms with Crippen molar-refractivity contribution in [1.29, 1.82) is 0 Å². The monoisotopic (exact) mass is 294 g/mol. The molecule has 1 aliphatic heterocycles. The Morgan fingerprint density at radius 2 is 2.29 bits per heavy atom. The van der Waals surface area contributed by atoms with E-state index in [4.69, 9.17) is 9.15 Å². The smallest absolute Gasteiger partial charge is 0.254 e. The van der Waals surface area contributed by atoms with Crippen LogP contribution in [0.15, 0.2) is 10.5 Å². The highest BCUT2D eigenvalue weighted by atomic mass is 16.5. The van der Waals surface area contributed by atoms with Crippen LogP contribution in [-0.4, -0.2) is 50.1 Å². The van der Waals surface area contributed by atoms with Gasteiger partial charge >= 0.3 is 0 Å². The first kappa shape index (κ1) is 15.6. The zero-order valence-corrected chi connectivity index (χ0v) is 12.8. The van der Waals surface area contributed by atoms with Gasteiger partial charge in [0.15, 0.2) is 0 Å². The fraction of sp³-hybridized carbons (Fsp3) is 0.600. The number of carbonyl (C=O) groups is 2. The first-order chi connectivity index (χ1) is 10.0. The Labute approximate surface area is 124 Å². The average Bonchev–Trinajstić information content (AvgIpc) is 2.96. The molecule has 1 aromatic rings. The van der Waals surface area contributed by atoms with E-state index in [1.165, 1.54) is 0 Å². The standard InChI is InChI=1S/C15H22N2O4/c1-10-6-13(11(2)21-10)15(19)16-8-12-7-14(18)17(9-12)4-5-20-3/h6,12H,4-5,7-9H2,1-3H3,(H,16,19). The molecule has 1 unspecified atom stereocenters. The number of likely N-dealkylation sites (tertiary alicyclic amines) is 1. The van der Waals surface area contributed by atoms with Gasteiger partial charge in [-0.05, 0) is 19.9 Å². The molecule has 0 aromatic carbocycles. The van der Waals surface area contributed by atoms with Crippen molar-refractivity contribution in [3.63, 3.8) is 0 Å². The Balaban J connectivity index is 1.82. The second-order valence-corrected chi connectivity index (χ2v) is 5.44. The van der Waals surface area contributed by atoms with Crippen LogP contribution in [0.3, 0.4) is 0 Å². The van der Waals surface area contributed by atoms with Gasteiger partial charge < -0.3 is 19.4 Å². The molecule has 6 nitrogen and oxygen atoms in total. The summed E-state index contributed by atoms with van der Waals surface area (Å²) in [5, 5.41) is 2.88. The Hall–Kier alpha value is -1.82. The maximum atomic E-state index is 12.1. The lowest BCUT2D eigenvalue weighted by atomic mass is 10.1. The lowest BCUT2D eigenvalue weighted by Crippen LogP contribution is -2.32. The first-order valence-corrected chi connectivity index (χ1v) is 7.13. The number of amides is 2. The Morgan fingerprint density at radius 3 is 2.90 bits per heavy atom. The second kappa shape index (κ2) is 6.76. The van der Waals surface area contributed by atoms with Crippen LogP contribution in [0.1, 0.15) is 28.3 Å². The van der Waals surface area contributed by atoms with Crippen molar-refractivity contribution in [2.45, 2.75) is 20.3 Å². The molecule has 1 saturated heterocycles. The van der Waals surface area contributed by atoms with Crippen molar-refractivity contribution in [3.8, 4) is 0 Å². The van der Waals surface area contributed by atoms with E-state index in [-0.39, 0.29) is 17.7 Å². The molecule has 1 aromatic heterocycles. The van der Waals surface area contributed by atoms with E-state index in [0.29, 0.717) is 44.0 Å². The molecule has 0 radical (unpaired) electrons. The number of aryl methyl sites for hydroxylation is 2. The van der Waals surface area contributed by atoms with Gasteiger partial charge in [0.05, 0.1) is 12.2 Å². The van der Waals surface area contributed by atoms with Crippen LogP contribution in [0.4, 0.5) is 0 Å². The van der Waals surface area contributed by atoms with Crippen LogP contribution in [0, 0.1) is 19.8 Å². The van der Waals surface area contributed by atoms with Crippen molar-refractivity contribution in [2.75, 3.05) is 33.4 Å². The molecule has 2 amide bonds. The zero-order chi connectivity index (χ0) is 15.4.